The Balaban J connectivity index is 2.51. The van der Waals surface area contributed by atoms with Crippen molar-refractivity contribution in [1.29, 1.82) is 0 Å². The molecule has 0 saturated heterocycles. The first kappa shape index (κ1) is 16.4. The normalized spacial score (nSPS) is 13.6. The second-order valence-electron chi connectivity index (χ2n) is 6.06. The minimum Gasteiger partial charge on any atom is -0.307 e. The van der Waals surface area contributed by atoms with Gasteiger partial charge in [-0.3, -0.25) is 4.68 Å². The quantitative estimate of drug-likeness (QED) is 0.914. The van der Waals surface area contributed by atoms with Crippen LogP contribution >= 0.6 is 23.1 Å². The third-order valence-electron chi connectivity index (χ3n) is 3.32. The van der Waals surface area contributed by atoms with Crippen LogP contribution in [0.2, 0.25) is 5.02 Å². The van der Waals surface area contributed by atoms with Gasteiger partial charge in [0.15, 0.2) is 0 Å². The Kier molecular flexibility index (Phi) is 5.01. The molecule has 0 aromatic carbocycles. The molecule has 2 aromatic heterocycles. The summed E-state index contributed by atoms with van der Waals surface area (Å²) < 4.78 is 6.12. The first-order valence-corrected chi connectivity index (χ1v) is 8.26. The highest BCUT2D eigenvalue weighted by Gasteiger charge is 2.30. The van der Waals surface area contributed by atoms with Crippen molar-refractivity contribution >= 4 is 23.1 Å². The van der Waals surface area contributed by atoms with Gasteiger partial charge in [0.1, 0.15) is 0 Å². The van der Waals surface area contributed by atoms with Crippen LogP contribution in [0.4, 0.5) is 0 Å². The fraction of sp³-hybridized carbons (Fsp3) is 0.643. The van der Waals surface area contributed by atoms with Gasteiger partial charge in [0.2, 0.25) is 0 Å². The van der Waals surface area contributed by atoms with E-state index in [1.807, 2.05) is 11.7 Å². The summed E-state index contributed by atoms with van der Waals surface area (Å²) in [4.78, 5) is 1.10. The van der Waals surface area contributed by atoms with Gasteiger partial charge in [-0.25, -0.2) is 0 Å². The van der Waals surface area contributed by atoms with E-state index in [1.165, 1.54) is 11.5 Å². The van der Waals surface area contributed by atoms with Gasteiger partial charge in [-0.05, 0) is 25.0 Å². The van der Waals surface area contributed by atoms with Crippen molar-refractivity contribution in [2.75, 3.05) is 7.05 Å². The van der Waals surface area contributed by atoms with Gasteiger partial charge in [0.25, 0.3) is 0 Å². The summed E-state index contributed by atoms with van der Waals surface area (Å²) >= 11 is 7.80. The average Bonchev–Trinajstić information content (AvgIpc) is 3.01. The summed E-state index contributed by atoms with van der Waals surface area (Å²) in [5.41, 5.74) is 1.93. The third-order valence-corrected chi connectivity index (χ3v) is 4.40. The highest BCUT2D eigenvalue weighted by Crippen LogP contribution is 2.35. The average molecular weight is 328 g/mol. The van der Waals surface area contributed by atoms with Crippen LogP contribution in [0.5, 0.6) is 0 Å². The van der Waals surface area contributed by atoms with Crippen molar-refractivity contribution in [2.24, 2.45) is 0 Å². The van der Waals surface area contributed by atoms with Crippen LogP contribution in [0.25, 0.3) is 0 Å². The smallest absolute Gasteiger partial charge is 0.0890 e. The zero-order valence-corrected chi connectivity index (χ0v) is 14.7. The zero-order valence-electron chi connectivity index (χ0n) is 13.1. The molecule has 2 heterocycles. The lowest BCUT2D eigenvalue weighted by atomic mass is 9.89. The summed E-state index contributed by atoms with van der Waals surface area (Å²) in [5, 5.41) is 12.7. The van der Waals surface area contributed by atoms with E-state index in [0.717, 1.165) is 29.2 Å². The molecule has 0 saturated carbocycles. The van der Waals surface area contributed by atoms with Crippen LogP contribution in [-0.2, 0) is 12.0 Å². The largest absolute Gasteiger partial charge is 0.307 e. The van der Waals surface area contributed by atoms with Crippen LogP contribution in [0, 0.1) is 0 Å². The standard InChI is InChI=1S/C14H22ClN5S/c1-6-7-20-11(9(15)8-17-20)10(16-5)12-13(14(2,3)4)18-19-21-12/h8,10,16H,6-7H2,1-5H3. The van der Waals surface area contributed by atoms with Crippen molar-refractivity contribution in [3.8, 4) is 0 Å². The number of aryl methyl sites for hydroxylation is 1. The Morgan fingerprint density at radius 2 is 2.14 bits per heavy atom. The van der Waals surface area contributed by atoms with Gasteiger partial charge in [-0.1, -0.05) is 43.8 Å². The lowest BCUT2D eigenvalue weighted by Crippen LogP contribution is -2.25. The van der Waals surface area contributed by atoms with Crippen LogP contribution in [-0.4, -0.2) is 26.4 Å². The summed E-state index contributed by atoms with van der Waals surface area (Å²) in [5.74, 6) is 0. The molecule has 1 unspecified atom stereocenters. The van der Waals surface area contributed by atoms with Crippen LogP contribution in [0.3, 0.4) is 0 Å². The maximum Gasteiger partial charge on any atom is 0.0890 e. The van der Waals surface area contributed by atoms with Crippen molar-refractivity contribution in [3.63, 3.8) is 0 Å². The molecule has 21 heavy (non-hydrogen) atoms. The second kappa shape index (κ2) is 6.42. The highest BCUT2D eigenvalue weighted by molar-refractivity contribution is 7.05. The predicted octanol–water partition coefficient (Wildman–Crippen LogP) is 3.40. The molecule has 116 valence electrons. The number of nitrogens with one attached hydrogen (secondary N) is 1. The predicted molar refractivity (Wildman–Crippen MR) is 87.0 cm³/mol. The van der Waals surface area contributed by atoms with Crippen molar-refractivity contribution < 1.29 is 0 Å². The molecule has 1 atom stereocenters. The summed E-state index contributed by atoms with van der Waals surface area (Å²) in [6, 6.07) is -0.0409. The maximum atomic E-state index is 6.38. The number of rotatable bonds is 5. The molecule has 2 aromatic rings. The van der Waals surface area contributed by atoms with E-state index in [1.54, 1.807) is 6.20 Å². The number of nitrogens with zero attached hydrogens (tertiary/aromatic N) is 4. The Morgan fingerprint density at radius 1 is 1.43 bits per heavy atom. The molecule has 7 heteroatoms. The highest BCUT2D eigenvalue weighted by atomic mass is 35.5. The van der Waals surface area contributed by atoms with Crippen molar-refractivity contribution in [3.05, 3.63) is 27.5 Å². The molecular formula is C14H22ClN5S. The maximum absolute atomic E-state index is 6.38. The first-order valence-electron chi connectivity index (χ1n) is 7.11. The van der Waals surface area contributed by atoms with Crippen molar-refractivity contribution in [2.45, 2.75) is 52.1 Å². The fourth-order valence-corrected chi connectivity index (χ4v) is 3.58. The molecule has 0 aliphatic carbocycles. The first-order chi connectivity index (χ1) is 9.90. The number of halogens is 1. The van der Waals surface area contributed by atoms with E-state index in [-0.39, 0.29) is 11.5 Å². The van der Waals surface area contributed by atoms with Gasteiger partial charge in [0, 0.05) is 12.0 Å². The Morgan fingerprint density at radius 3 is 2.71 bits per heavy atom. The van der Waals surface area contributed by atoms with E-state index < -0.39 is 0 Å². The Bertz CT molecular complexity index is 599. The van der Waals surface area contributed by atoms with Gasteiger partial charge in [0.05, 0.1) is 33.5 Å². The number of hydrogen-bond donors (Lipinski definition) is 1. The monoisotopic (exact) mass is 327 g/mol. The minimum atomic E-state index is -0.0560. The number of hydrogen-bond acceptors (Lipinski definition) is 5. The van der Waals surface area contributed by atoms with Gasteiger partial charge >= 0.3 is 0 Å². The molecule has 0 radical (unpaired) electrons. The SMILES string of the molecule is CCCn1ncc(Cl)c1C(NC)c1snnc1C(C)(C)C. The lowest BCUT2D eigenvalue weighted by Gasteiger charge is -2.22. The van der Waals surface area contributed by atoms with Crippen molar-refractivity contribution in [1.82, 2.24) is 24.7 Å². The number of aromatic nitrogens is 4. The molecule has 0 aliphatic rings. The Hall–Kier alpha value is -0.980. The van der Waals surface area contributed by atoms with E-state index in [2.05, 4.69) is 47.7 Å². The fourth-order valence-electron chi connectivity index (χ4n) is 2.35. The molecule has 0 aliphatic heterocycles. The zero-order chi connectivity index (χ0) is 15.6. The van der Waals surface area contributed by atoms with Gasteiger partial charge in [-0.15, -0.1) is 5.10 Å². The molecule has 0 bridgehead atoms. The molecule has 2 rings (SSSR count). The second-order valence-corrected chi connectivity index (χ2v) is 7.25. The van der Waals surface area contributed by atoms with E-state index in [0.29, 0.717) is 5.02 Å². The van der Waals surface area contributed by atoms with Gasteiger partial charge < -0.3 is 5.32 Å². The Labute approximate surface area is 134 Å². The van der Waals surface area contributed by atoms with E-state index >= 15 is 0 Å². The molecule has 0 amide bonds. The minimum absolute atomic E-state index is 0.0409. The molecule has 0 spiro atoms. The molecule has 5 nitrogen and oxygen atoms in total. The third kappa shape index (κ3) is 3.27. The summed E-state index contributed by atoms with van der Waals surface area (Å²) in [6.45, 7) is 9.40. The van der Waals surface area contributed by atoms with Gasteiger partial charge in [-0.2, -0.15) is 5.10 Å². The van der Waals surface area contributed by atoms with E-state index in [9.17, 15) is 0 Å². The summed E-state index contributed by atoms with van der Waals surface area (Å²) in [6.07, 6.45) is 2.72. The molecule has 1 N–H and O–H groups in total. The van der Waals surface area contributed by atoms with Crippen LogP contribution in [0.1, 0.15) is 56.4 Å². The molecule has 0 fully saturated rings. The van der Waals surface area contributed by atoms with Crippen LogP contribution < -0.4 is 5.32 Å². The topological polar surface area (TPSA) is 55.6 Å². The summed E-state index contributed by atoms with van der Waals surface area (Å²) in [7, 11) is 1.93. The molecular weight excluding hydrogens is 306 g/mol. The van der Waals surface area contributed by atoms with Crippen LogP contribution in [0.15, 0.2) is 6.20 Å². The van der Waals surface area contributed by atoms with E-state index in [4.69, 9.17) is 11.6 Å². The lowest BCUT2D eigenvalue weighted by molar-refractivity contribution is 0.518.